The molecule has 7 nitrogen and oxygen atoms in total. The molecule has 0 saturated heterocycles. The number of ether oxygens (including phenoxy) is 3. The standard InChI is InChI=1S/C27H23N3O4S/c1-32-22-10-6-19(7-11-22)16-25-26(31)30(21-4-3-5-24(17-21)33-2)27(29-25)35-15-14-34-23-12-8-20(18-28)9-13-23/h3-13,16-17H,14-15H2,1-2H3. The molecule has 0 N–H and O–H groups in total. The molecule has 0 unspecified atom stereocenters. The molecule has 0 spiro atoms. The maximum Gasteiger partial charge on any atom is 0.283 e. The third-order valence-electron chi connectivity index (χ3n) is 5.13. The molecule has 1 amide bonds. The molecule has 35 heavy (non-hydrogen) atoms. The maximum absolute atomic E-state index is 13.4. The Balaban J connectivity index is 1.52. The average Bonchev–Trinajstić information content (AvgIpc) is 3.21. The van der Waals surface area contributed by atoms with Crippen molar-refractivity contribution < 1.29 is 19.0 Å². The molecule has 1 heterocycles. The quantitative estimate of drug-likeness (QED) is 0.325. The lowest BCUT2D eigenvalue weighted by molar-refractivity contribution is -0.113. The second kappa shape index (κ2) is 11.3. The van der Waals surface area contributed by atoms with Crippen LogP contribution in [-0.2, 0) is 4.79 Å². The minimum absolute atomic E-state index is 0.218. The molecular formula is C27H23N3O4S. The van der Waals surface area contributed by atoms with Crippen LogP contribution in [0.3, 0.4) is 0 Å². The highest BCUT2D eigenvalue weighted by molar-refractivity contribution is 8.14. The van der Waals surface area contributed by atoms with Crippen LogP contribution < -0.4 is 19.1 Å². The first-order valence-corrected chi connectivity index (χ1v) is 11.8. The summed E-state index contributed by atoms with van der Waals surface area (Å²) in [5.41, 5.74) is 2.44. The van der Waals surface area contributed by atoms with Crippen LogP contribution in [0.1, 0.15) is 11.1 Å². The Morgan fingerprint density at radius 3 is 2.37 bits per heavy atom. The summed E-state index contributed by atoms with van der Waals surface area (Å²) >= 11 is 1.43. The largest absolute Gasteiger partial charge is 0.497 e. The second-order valence-corrected chi connectivity index (χ2v) is 8.43. The molecule has 176 valence electrons. The third-order valence-corrected chi connectivity index (χ3v) is 6.03. The minimum atomic E-state index is -0.218. The summed E-state index contributed by atoms with van der Waals surface area (Å²) in [5.74, 6) is 2.42. The van der Waals surface area contributed by atoms with E-state index >= 15 is 0 Å². The van der Waals surface area contributed by atoms with E-state index in [9.17, 15) is 4.79 Å². The zero-order chi connectivity index (χ0) is 24.6. The first-order chi connectivity index (χ1) is 17.1. The van der Waals surface area contributed by atoms with Gasteiger partial charge in [-0.05, 0) is 60.2 Å². The molecule has 8 heteroatoms. The van der Waals surface area contributed by atoms with Crippen LogP contribution in [0.15, 0.2) is 83.5 Å². The Bertz CT molecular complexity index is 1300. The molecule has 1 aliphatic heterocycles. The first-order valence-electron chi connectivity index (χ1n) is 10.8. The van der Waals surface area contributed by atoms with E-state index in [0.29, 0.717) is 46.0 Å². The Morgan fingerprint density at radius 2 is 1.69 bits per heavy atom. The van der Waals surface area contributed by atoms with E-state index in [0.717, 1.165) is 11.3 Å². The van der Waals surface area contributed by atoms with Crippen LogP contribution in [0.2, 0.25) is 0 Å². The van der Waals surface area contributed by atoms with Crippen molar-refractivity contribution in [2.24, 2.45) is 4.99 Å². The van der Waals surface area contributed by atoms with Gasteiger partial charge in [0.15, 0.2) is 5.17 Å². The van der Waals surface area contributed by atoms with Gasteiger partial charge in [-0.25, -0.2) is 4.99 Å². The summed E-state index contributed by atoms with van der Waals surface area (Å²) in [6.45, 7) is 0.410. The number of nitriles is 1. The monoisotopic (exact) mass is 485 g/mol. The number of methoxy groups -OCH3 is 2. The van der Waals surface area contributed by atoms with E-state index in [2.05, 4.69) is 11.1 Å². The van der Waals surface area contributed by atoms with Gasteiger partial charge in [-0.2, -0.15) is 5.26 Å². The molecule has 0 atom stereocenters. The number of amidine groups is 1. The van der Waals surface area contributed by atoms with Crippen molar-refractivity contribution in [3.63, 3.8) is 0 Å². The van der Waals surface area contributed by atoms with Crippen LogP contribution in [0, 0.1) is 11.3 Å². The maximum atomic E-state index is 13.4. The normalized spacial score (nSPS) is 14.0. The van der Waals surface area contributed by atoms with Crippen molar-refractivity contribution in [1.29, 1.82) is 5.26 Å². The molecule has 0 aromatic heterocycles. The van der Waals surface area contributed by atoms with Gasteiger partial charge in [0.25, 0.3) is 5.91 Å². The molecule has 0 saturated carbocycles. The SMILES string of the molecule is COc1ccc(C=C2N=C(SCCOc3ccc(C#N)cc3)N(c3cccc(OC)c3)C2=O)cc1. The lowest BCUT2D eigenvalue weighted by atomic mass is 10.2. The Morgan fingerprint density at radius 1 is 0.971 bits per heavy atom. The number of thioether (sulfide) groups is 1. The van der Waals surface area contributed by atoms with Crippen molar-refractivity contribution in [3.05, 3.63) is 89.6 Å². The molecule has 0 fully saturated rings. The number of nitrogens with zero attached hydrogens (tertiary/aromatic N) is 3. The number of benzene rings is 3. The van der Waals surface area contributed by atoms with Crippen LogP contribution in [0.25, 0.3) is 6.08 Å². The average molecular weight is 486 g/mol. The van der Waals surface area contributed by atoms with Gasteiger partial charge in [0.2, 0.25) is 0 Å². The van der Waals surface area contributed by atoms with Crippen molar-refractivity contribution in [1.82, 2.24) is 0 Å². The Labute approximate surface area is 208 Å². The van der Waals surface area contributed by atoms with E-state index in [4.69, 9.17) is 19.5 Å². The smallest absolute Gasteiger partial charge is 0.283 e. The predicted molar refractivity (Wildman–Crippen MR) is 138 cm³/mol. The molecule has 1 aliphatic rings. The molecule has 0 aliphatic carbocycles. The van der Waals surface area contributed by atoms with Crippen molar-refractivity contribution >= 4 is 34.6 Å². The van der Waals surface area contributed by atoms with E-state index in [1.807, 2.05) is 42.5 Å². The van der Waals surface area contributed by atoms with Crippen LogP contribution in [0.4, 0.5) is 5.69 Å². The van der Waals surface area contributed by atoms with Gasteiger partial charge in [-0.1, -0.05) is 30.0 Å². The van der Waals surface area contributed by atoms with E-state index < -0.39 is 0 Å². The summed E-state index contributed by atoms with van der Waals surface area (Å²) in [4.78, 5) is 19.6. The summed E-state index contributed by atoms with van der Waals surface area (Å²) < 4.78 is 16.3. The number of hydrogen-bond acceptors (Lipinski definition) is 7. The molecule has 3 aromatic carbocycles. The van der Waals surface area contributed by atoms with Gasteiger partial charge in [-0.15, -0.1) is 0 Å². The topological polar surface area (TPSA) is 84.2 Å². The highest BCUT2D eigenvalue weighted by atomic mass is 32.2. The highest BCUT2D eigenvalue weighted by Crippen LogP contribution is 2.31. The van der Waals surface area contributed by atoms with Gasteiger partial charge in [-0.3, -0.25) is 9.69 Å². The number of aliphatic imine (C=N–C) groups is 1. The third kappa shape index (κ3) is 5.83. The minimum Gasteiger partial charge on any atom is -0.497 e. The number of amides is 1. The fraction of sp³-hybridized carbons (Fsp3) is 0.148. The Hall–Kier alpha value is -4.22. The second-order valence-electron chi connectivity index (χ2n) is 7.37. The summed E-state index contributed by atoms with van der Waals surface area (Å²) in [6, 6.07) is 23.8. The zero-order valence-corrected chi connectivity index (χ0v) is 20.1. The highest BCUT2D eigenvalue weighted by Gasteiger charge is 2.32. The fourth-order valence-corrected chi connectivity index (χ4v) is 4.18. The lowest BCUT2D eigenvalue weighted by Gasteiger charge is -2.18. The van der Waals surface area contributed by atoms with Crippen LogP contribution in [0.5, 0.6) is 17.2 Å². The molecular weight excluding hydrogens is 462 g/mol. The van der Waals surface area contributed by atoms with Gasteiger partial charge in [0.1, 0.15) is 22.9 Å². The summed E-state index contributed by atoms with van der Waals surface area (Å²) in [7, 11) is 3.20. The van der Waals surface area contributed by atoms with Crippen molar-refractivity contribution in [2.75, 3.05) is 31.5 Å². The molecule has 0 bridgehead atoms. The number of hydrogen-bond donors (Lipinski definition) is 0. The van der Waals surface area contributed by atoms with Crippen LogP contribution in [-0.4, -0.2) is 37.7 Å². The van der Waals surface area contributed by atoms with Crippen LogP contribution >= 0.6 is 11.8 Å². The number of carbonyl (C=O) groups excluding carboxylic acids is 1. The molecule has 0 radical (unpaired) electrons. The fourth-order valence-electron chi connectivity index (χ4n) is 3.35. The van der Waals surface area contributed by atoms with Crippen molar-refractivity contribution in [2.45, 2.75) is 0 Å². The van der Waals surface area contributed by atoms with Gasteiger partial charge >= 0.3 is 0 Å². The Kier molecular flexibility index (Phi) is 7.70. The number of anilines is 1. The van der Waals surface area contributed by atoms with Gasteiger partial charge in [0, 0.05) is 11.8 Å². The first kappa shape index (κ1) is 23.9. The summed E-state index contributed by atoms with van der Waals surface area (Å²) in [5, 5.41) is 9.48. The summed E-state index contributed by atoms with van der Waals surface area (Å²) in [6.07, 6.45) is 1.76. The molecule has 3 aromatic rings. The van der Waals surface area contributed by atoms with Crippen molar-refractivity contribution in [3.8, 4) is 23.3 Å². The van der Waals surface area contributed by atoms with E-state index in [1.165, 1.54) is 11.8 Å². The van der Waals surface area contributed by atoms with Gasteiger partial charge in [0.05, 0.1) is 38.1 Å². The lowest BCUT2D eigenvalue weighted by Crippen LogP contribution is -2.30. The number of carbonyl (C=O) groups is 1. The van der Waals surface area contributed by atoms with Gasteiger partial charge < -0.3 is 14.2 Å². The molecule has 4 rings (SSSR count). The van der Waals surface area contributed by atoms with E-state index in [1.54, 1.807) is 55.5 Å². The zero-order valence-electron chi connectivity index (χ0n) is 19.3. The predicted octanol–water partition coefficient (Wildman–Crippen LogP) is 5.13. The van der Waals surface area contributed by atoms with E-state index in [-0.39, 0.29) is 5.91 Å². The number of rotatable bonds is 8.